The first-order valence-electron chi connectivity index (χ1n) is 6.09. The SMILES string of the molecule is COc1cc(NS(=O)(=O)c2cc(CN)n(C)c2)ccc1F. The number of hydrogen-bond donors (Lipinski definition) is 2. The Morgan fingerprint density at radius 2 is 2.10 bits per heavy atom. The van der Waals surface area contributed by atoms with Crippen molar-refractivity contribution in [1.29, 1.82) is 0 Å². The van der Waals surface area contributed by atoms with Crippen molar-refractivity contribution in [3.8, 4) is 5.75 Å². The summed E-state index contributed by atoms with van der Waals surface area (Å²) in [4.78, 5) is 0.0914. The summed E-state index contributed by atoms with van der Waals surface area (Å²) >= 11 is 0. The molecule has 0 saturated heterocycles. The Morgan fingerprint density at radius 3 is 2.67 bits per heavy atom. The predicted molar refractivity (Wildman–Crippen MR) is 77.1 cm³/mol. The van der Waals surface area contributed by atoms with E-state index >= 15 is 0 Å². The van der Waals surface area contributed by atoms with E-state index in [9.17, 15) is 12.8 Å². The van der Waals surface area contributed by atoms with Crippen molar-refractivity contribution in [3.05, 3.63) is 42.0 Å². The van der Waals surface area contributed by atoms with E-state index in [4.69, 9.17) is 10.5 Å². The van der Waals surface area contributed by atoms with Gasteiger partial charge in [-0.2, -0.15) is 0 Å². The fourth-order valence-electron chi connectivity index (χ4n) is 1.86. The Bertz CT molecular complexity index is 756. The average Bonchev–Trinajstić information content (AvgIpc) is 2.82. The van der Waals surface area contributed by atoms with Crippen LogP contribution in [0.2, 0.25) is 0 Å². The van der Waals surface area contributed by atoms with E-state index in [1.54, 1.807) is 11.6 Å². The van der Waals surface area contributed by atoms with E-state index in [1.807, 2.05) is 0 Å². The van der Waals surface area contributed by atoms with E-state index in [0.717, 1.165) is 6.07 Å². The number of methoxy groups -OCH3 is 1. The highest BCUT2D eigenvalue weighted by Gasteiger charge is 2.18. The van der Waals surface area contributed by atoms with Gasteiger partial charge in [-0.3, -0.25) is 4.72 Å². The third-order valence-electron chi connectivity index (χ3n) is 3.01. The highest BCUT2D eigenvalue weighted by Crippen LogP contribution is 2.24. The van der Waals surface area contributed by atoms with Gasteiger partial charge in [0.05, 0.1) is 12.8 Å². The topological polar surface area (TPSA) is 86.3 Å². The first-order chi connectivity index (χ1) is 9.87. The van der Waals surface area contributed by atoms with Gasteiger partial charge < -0.3 is 15.0 Å². The van der Waals surface area contributed by atoms with Crippen LogP contribution in [0.3, 0.4) is 0 Å². The van der Waals surface area contributed by atoms with Gasteiger partial charge in [0, 0.05) is 31.5 Å². The molecule has 8 heteroatoms. The molecule has 21 heavy (non-hydrogen) atoms. The van der Waals surface area contributed by atoms with E-state index in [-0.39, 0.29) is 22.9 Å². The molecule has 0 bridgehead atoms. The van der Waals surface area contributed by atoms with E-state index in [2.05, 4.69) is 4.72 Å². The number of nitrogens with two attached hydrogens (primary N) is 1. The quantitative estimate of drug-likeness (QED) is 0.874. The third kappa shape index (κ3) is 3.17. The summed E-state index contributed by atoms with van der Waals surface area (Å²) in [7, 11) is -0.750. The van der Waals surface area contributed by atoms with Crippen LogP contribution < -0.4 is 15.2 Å². The number of hydrogen-bond acceptors (Lipinski definition) is 4. The van der Waals surface area contributed by atoms with Crippen LogP contribution in [0.5, 0.6) is 5.75 Å². The fourth-order valence-corrected chi connectivity index (χ4v) is 3.01. The summed E-state index contributed by atoms with van der Waals surface area (Å²) in [6.07, 6.45) is 1.46. The molecule has 2 aromatic rings. The second-order valence-electron chi connectivity index (χ2n) is 4.44. The normalized spacial score (nSPS) is 11.4. The zero-order valence-corrected chi connectivity index (χ0v) is 12.4. The number of benzene rings is 1. The summed E-state index contributed by atoms with van der Waals surface area (Å²) in [5.41, 5.74) is 6.42. The molecule has 3 N–H and O–H groups in total. The number of sulfonamides is 1. The van der Waals surface area contributed by atoms with Crippen molar-refractivity contribution >= 4 is 15.7 Å². The molecular weight excluding hydrogens is 297 g/mol. The maximum atomic E-state index is 13.3. The van der Waals surface area contributed by atoms with Gasteiger partial charge in [-0.05, 0) is 18.2 Å². The summed E-state index contributed by atoms with van der Waals surface area (Å²) in [5.74, 6) is -0.600. The van der Waals surface area contributed by atoms with E-state index in [0.29, 0.717) is 5.69 Å². The lowest BCUT2D eigenvalue weighted by molar-refractivity contribution is 0.387. The molecule has 6 nitrogen and oxygen atoms in total. The van der Waals surface area contributed by atoms with Crippen LogP contribution in [0, 0.1) is 5.82 Å². The minimum atomic E-state index is -3.77. The number of nitrogens with one attached hydrogen (secondary N) is 1. The molecular formula is C13H16FN3O3S. The van der Waals surface area contributed by atoms with Gasteiger partial charge >= 0.3 is 0 Å². The molecule has 1 aromatic heterocycles. The zero-order valence-electron chi connectivity index (χ0n) is 11.6. The molecule has 1 heterocycles. The van der Waals surface area contributed by atoms with Gasteiger partial charge in [-0.25, -0.2) is 12.8 Å². The molecule has 0 saturated carbocycles. The van der Waals surface area contributed by atoms with E-state index < -0.39 is 15.8 Å². The molecule has 0 aliphatic carbocycles. The molecule has 0 aliphatic rings. The van der Waals surface area contributed by atoms with Crippen molar-refractivity contribution in [2.45, 2.75) is 11.4 Å². The maximum Gasteiger partial charge on any atom is 0.263 e. The Hall–Kier alpha value is -2.06. The number of aryl methyl sites for hydroxylation is 1. The summed E-state index contributed by atoms with van der Waals surface area (Å²) in [5, 5.41) is 0. The van der Waals surface area contributed by atoms with Crippen LogP contribution in [-0.2, 0) is 23.6 Å². The summed E-state index contributed by atoms with van der Waals surface area (Å²) in [6.45, 7) is 0.233. The predicted octanol–water partition coefficient (Wildman–Crippen LogP) is 1.43. The standard InChI is InChI=1S/C13H16FN3O3S/c1-17-8-11(6-10(17)7-15)21(18,19)16-9-3-4-12(14)13(5-9)20-2/h3-6,8,16H,7,15H2,1-2H3. The molecule has 2 rings (SSSR count). The highest BCUT2D eigenvalue weighted by atomic mass is 32.2. The molecule has 114 valence electrons. The minimum absolute atomic E-state index is 0.0362. The Labute approximate surface area is 122 Å². The monoisotopic (exact) mass is 313 g/mol. The van der Waals surface area contributed by atoms with Crippen LogP contribution in [0.15, 0.2) is 35.4 Å². The zero-order chi connectivity index (χ0) is 15.6. The number of ether oxygens (including phenoxy) is 1. The van der Waals surface area contributed by atoms with Crippen LogP contribution >= 0.6 is 0 Å². The molecule has 0 aliphatic heterocycles. The molecule has 1 aromatic carbocycles. The number of nitrogens with zero attached hydrogens (tertiary/aromatic N) is 1. The Kier molecular flexibility index (Phi) is 4.19. The largest absolute Gasteiger partial charge is 0.494 e. The van der Waals surface area contributed by atoms with Crippen molar-refractivity contribution in [1.82, 2.24) is 4.57 Å². The molecule has 0 atom stereocenters. The molecule has 0 unspecified atom stereocenters. The van der Waals surface area contributed by atoms with Crippen LogP contribution in [0.4, 0.5) is 10.1 Å². The van der Waals surface area contributed by atoms with Crippen molar-refractivity contribution < 1.29 is 17.5 Å². The second-order valence-corrected chi connectivity index (χ2v) is 6.12. The van der Waals surface area contributed by atoms with Crippen molar-refractivity contribution in [3.63, 3.8) is 0 Å². The van der Waals surface area contributed by atoms with Crippen LogP contribution in [0.25, 0.3) is 0 Å². The number of anilines is 1. The molecule has 0 amide bonds. The lowest BCUT2D eigenvalue weighted by Gasteiger charge is -2.08. The number of halogens is 1. The third-order valence-corrected chi connectivity index (χ3v) is 4.35. The number of rotatable bonds is 5. The van der Waals surface area contributed by atoms with Gasteiger partial charge in [0.2, 0.25) is 0 Å². The van der Waals surface area contributed by atoms with Gasteiger partial charge in [0.15, 0.2) is 11.6 Å². The van der Waals surface area contributed by atoms with Gasteiger partial charge in [0.25, 0.3) is 10.0 Å². The second kappa shape index (κ2) is 5.74. The molecule has 0 spiro atoms. The van der Waals surface area contributed by atoms with Crippen LogP contribution in [-0.4, -0.2) is 20.1 Å². The summed E-state index contributed by atoms with van der Waals surface area (Å²) in [6, 6.07) is 5.22. The highest BCUT2D eigenvalue weighted by molar-refractivity contribution is 7.92. The van der Waals surface area contributed by atoms with Gasteiger partial charge in [0.1, 0.15) is 4.90 Å². The smallest absolute Gasteiger partial charge is 0.263 e. The first-order valence-corrected chi connectivity index (χ1v) is 7.57. The van der Waals surface area contributed by atoms with Gasteiger partial charge in [-0.15, -0.1) is 0 Å². The van der Waals surface area contributed by atoms with E-state index in [1.165, 1.54) is 31.5 Å². The lowest BCUT2D eigenvalue weighted by Crippen LogP contribution is -2.12. The molecule has 0 fully saturated rings. The Morgan fingerprint density at radius 1 is 1.38 bits per heavy atom. The molecule has 0 radical (unpaired) electrons. The minimum Gasteiger partial charge on any atom is -0.494 e. The van der Waals surface area contributed by atoms with Crippen molar-refractivity contribution in [2.24, 2.45) is 12.8 Å². The summed E-state index contributed by atoms with van der Waals surface area (Å²) < 4.78 is 46.7. The average molecular weight is 313 g/mol. The van der Waals surface area contributed by atoms with Gasteiger partial charge in [-0.1, -0.05) is 0 Å². The number of aromatic nitrogens is 1. The van der Waals surface area contributed by atoms with Crippen LogP contribution in [0.1, 0.15) is 5.69 Å². The lowest BCUT2D eigenvalue weighted by atomic mass is 10.3. The fraction of sp³-hybridized carbons (Fsp3) is 0.231. The maximum absolute atomic E-state index is 13.3. The Balaban J connectivity index is 2.32. The van der Waals surface area contributed by atoms with Crippen molar-refractivity contribution in [2.75, 3.05) is 11.8 Å². The first kappa shape index (κ1) is 15.3.